The second-order valence-corrected chi connectivity index (χ2v) is 9.61. The van der Waals surface area contributed by atoms with E-state index in [2.05, 4.69) is 4.98 Å². The lowest BCUT2D eigenvalue weighted by Gasteiger charge is -2.31. The highest BCUT2D eigenvalue weighted by Gasteiger charge is 2.24. The number of aromatic nitrogens is 1. The van der Waals surface area contributed by atoms with E-state index in [-0.39, 0.29) is 12.0 Å². The number of nitrogens with zero attached hydrogens (tertiary/aromatic N) is 2. The van der Waals surface area contributed by atoms with E-state index in [9.17, 15) is 4.79 Å². The van der Waals surface area contributed by atoms with Crippen molar-refractivity contribution in [2.75, 3.05) is 26.0 Å². The summed E-state index contributed by atoms with van der Waals surface area (Å²) in [6.45, 7) is 1.45. The van der Waals surface area contributed by atoms with Crippen LogP contribution in [0.4, 0.5) is 0 Å². The van der Waals surface area contributed by atoms with Gasteiger partial charge < -0.3 is 14.4 Å². The highest BCUT2D eigenvalue weighted by Crippen LogP contribution is 2.33. The summed E-state index contributed by atoms with van der Waals surface area (Å²) in [4.78, 5) is 20.1. The molecule has 1 saturated heterocycles. The number of piperidine rings is 1. The molecule has 2 aromatic carbocycles. The Kier molecular flexibility index (Phi) is 7.02. The number of carbonyl (C=O) groups excluding carboxylic acids is 1. The Morgan fingerprint density at radius 1 is 1.23 bits per heavy atom. The molecule has 3 aromatic rings. The maximum absolute atomic E-state index is 12.5. The average molecular weight is 463 g/mol. The Morgan fingerprint density at radius 3 is 2.70 bits per heavy atom. The molecule has 0 spiro atoms. The highest BCUT2D eigenvalue weighted by molar-refractivity contribution is 7.99. The lowest BCUT2D eigenvalue weighted by molar-refractivity contribution is -0.132. The van der Waals surface area contributed by atoms with Gasteiger partial charge in [0.15, 0.2) is 0 Å². The minimum absolute atomic E-state index is 0.0852. The largest absolute Gasteiger partial charge is 0.497 e. The second-order valence-electron chi connectivity index (χ2n) is 7.04. The van der Waals surface area contributed by atoms with E-state index < -0.39 is 0 Å². The van der Waals surface area contributed by atoms with Crippen molar-refractivity contribution in [3.05, 3.63) is 47.5 Å². The van der Waals surface area contributed by atoms with Gasteiger partial charge in [0.25, 0.3) is 5.19 Å². The summed E-state index contributed by atoms with van der Waals surface area (Å²) in [7, 11) is 1.66. The van der Waals surface area contributed by atoms with Gasteiger partial charge in [-0.15, -0.1) is 11.8 Å². The average Bonchev–Trinajstić information content (AvgIpc) is 3.18. The molecule has 30 heavy (non-hydrogen) atoms. The van der Waals surface area contributed by atoms with Crippen LogP contribution in [0.2, 0.25) is 5.02 Å². The second kappa shape index (κ2) is 9.90. The standard InChI is InChI=1S/C22H23ClN2O3S2/c1-27-15-5-7-17(8-6-15)29-14-11-20(26)25-12-9-16(10-13-25)28-22-24-21-18(23)3-2-4-19(21)30-22/h2-8,16H,9-14H2,1H3. The predicted octanol–water partition coefficient (Wildman–Crippen LogP) is 5.51. The maximum Gasteiger partial charge on any atom is 0.274 e. The number of fused-ring (bicyclic) bond motifs is 1. The molecule has 158 valence electrons. The summed E-state index contributed by atoms with van der Waals surface area (Å²) in [5, 5.41) is 1.30. The molecule has 0 radical (unpaired) electrons. The van der Waals surface area contributed by atoms with Gasteiger partial charge in [-0.05, 0) is 36.4 Å². The zero-order valence-electron chi connectivity index (χ0n) is 16.7. The van der Waals surface area contributed by atoms with E-state index in [4.69, 9.17) is 21.1 Å². The highest BCUT2D eigenvalue weighted by atomic mass is 35.5. The molecule has 1 fully saturated rings. The van der Waals surface area contributed by atoms with Crippen LogP contribution in [0.5, 0.6) is 10.9 Å². The molecule has 5 nitrogen and oxygen atoms in total. The van der Waals surface area contributed by atoms with Crippen LogP contribution < -0.4 is 9.47 Å². The van der Waals surface area contributed by atoms with Crippen molar-refractivity contribution in [2.24, 2.45) is 0 Å². The molecule has 0 saturated carbocycles. The van der Waals surface area contributed by atoms with Crippen LogP contribution in [0, 0.1) is 0 Å². The molecule has 1 amide bonds. The smallest absolute Gasteiger partial charge is 0.274 e. The summed E-state index contributed by atoms with van der Waals surface area (Å²) >= 11 is 9.41. The lowest BCUT2D eigenvalue weighted by Crippen LogP contribution is -2.41. The number of thiazole rings is 1. The number of thioether (sulfide) groups is 1. The van der Waals surface area contributed by atoms with Crippen LogP contribution in [0.25, 0.3) is 10.2 Å². The number of rotatable bonds is 7. The number of para-hydroxylation sites is 1. The van der Waals surface area contributed by atoms with Crippen molar-refractivity contribution in [3.63, 3.8) is 0 Å². The van der Waals surface area contributed by atoms with E-state index in [1.165, 1.54) is 11.3 Å². The summed E-state index contributed by atoms with van der Waals surface area (Å²) < 4.78 is 12.3. The van der Waals surface area contributed by atoms with E-state index in [0.717, 1.165) is 52.5 Å². The van der Waals surface area contributed by atoms with Crippen LogP contribution in [0.15, 0.2) is 47.4 Å². The van der Waals surface area contributed by atoms with Crippen molar-refractivity contribution in [1.29, 1.82) is 0 Å². The number of methoxy groups -OCH3 is 1. The number of amides is 1. The summed E-state index contributed by atoms with van der Waals surface area (Å²) in [6, 6.07) is 13.7. The third-order valence-electron chi connectivity index (χ3n) is 5.06. The normalized spacial score (nSPS) is 14.8. The number of halogens is 1. The van der Waals surface area contributed by atoms with E-state index in [0.29, 0.717) is 16.6 Å². The first kappa shape index (κ1) is 21.3. The van der Waals surface area contributed by atoms with Crippen LogP contribution in [-0.2, 0) is 4.79 Å². The fraction of sp³-hybridized carbons (Fsp3) is 0.364. The molecular weight excluding hydrogens is 440 g/mol. The first-order valence-corrected chi connectivity index (χ1v) is 12.1. The number of hydrogen-bond donors (Lipinski definition) is 0. The molecule has 1 aliphatic rings. The number of ether oxygens (including phenoxy) is 2. The lowest BCUT2D eigenvalue weighted by atomic mass is 10.1. The van der Waals surface area contributed by atoms with Crippen molar-refractivity contribution in [1.82, 2.24) is 9.88 Å². The van der Waals surface area contributed by atoms with E-state index in [1.54, 1.807) is 18.9 Å². The molecule has 1 aromatic heterocycles. The molecule has 2 heterocycles. The Bertz CT molecular complexity index is 1000. The predicted molar refractivity (Wildman–Crippen MR) is 123 cm³/mol. The first-order chi connectivity index (χ1) is 14.6. The van der Waals surface area contributed by atoms with Gasteiger partial charge >= 0.3 is 0 Å². The molecule has 0 aliphatic carbocycles. The minimum atomic E-state index is 0.0852. The summed E-state index contributed by atoms with van der Waals surface area (Å²) in [6.07, 6.45) is 2.27. The number of likely N-dealkylation sites (tertiary alicyclic amines) is 1. The maximum atomic E-state index is 12.5. The molecule has 0 atom stereocenters. The zero-order chi connectivity index (χ0) is 20.9. The molecule has 8 heteroatoms. The number of hydrogen-bond acceptors (Lipinski definition) is 6. The Morgan fingerprint density at radius 2 is 2.00 bits per heavy atom. The zero-order valence-corrected chi connectivity index (χ0v) is 19.1. The van der Waals surface area contributed by atoms with Gasteiger partial charge in [0.05, 0.1) is 16.8 Å². The fourth-order valence-electron chi connectivity index (χ4n) is 3.40. The SMILES string of the molecule is COc1ccc(SCCC(=O)N2CCC(Oc3nc4c(Cl)cccc4s3)CC2)cc1. The van der Waals surface area contributed by atoms with E-state index >= 15 is 0 Å². The molecule has 4 rings (SSSR count). The van der Waals surface area contributed by atoms with Crippen LogP contribution in [0.3, 0.4) is 0 Å². The molecule has 0 unspecified atom stereocenters. The molecular formula is C22H23ClN2O3S2. The Balaban J connectivity index is 1.21. The van der Waals surface area contributed by atoms with Gasteiger partial charge in [-0.1, -0.05) is 29.0 Å². The van der Waals surface area contributed by atoms with Gasteiger partial charge in [0.2, 0.25) is 5.91 Å². The van der Waals surface area contributed by atoms with Gasteiger partial charge in [0, 0.05) is 43.0 Å². The third kappa shape index (κ3) is 5.20. The molecule has 0 bridgehead atoms. The Hall–Kier alpha value is -1.96. The van der Waals surface area contributed by atoms with Gasteiger partial charge in [-0.2, -0.15) is 0 Å². The topological polar surface area (TPSA) is 51.7 Å². The molecule has 1 aliphatic heterocycles. The Labute approximate surface area is 189 Å². The van der Waals surface area contributed by atoms with Crippen LogP contribution >= 0.6 is 34.7 Å². The van der Waals surface area contributed by atoms with Crippen LogP contribution in [-0.4, -0.2) is 47.8 Å². The van der Waals surface area contributed by atoms with Gasteiger partial charge in [-0.3, -0.25) is 4.79 Å². The fourth-order valence-corrected chi connectivity index (χ4v) is 5.42. The van der Waals surface area contributed by atoms with Crippen molar-refractivity contribution < 1.29 is 14.3 Å². The monoisotopic (exact) mass is 462 g/mol. The van der Waals surface area contributed by atoms with Crippen molar-refractivity contribution in [3.8, 4) is 10.9 Å². The summed E-state index contributed by atoms with van der Waals surface area (Å²) in [5.74, 6) is 1.82. The number of benzene rings is 2. The van der Waals surface area contributed by atoms with Crippen molar-refractivity contribution in [2.45, 2.75) is 30.3 Å². The van der Waals surface area contributed by atoms with Gasteiger partial charge in [0.1, 0.15) is 17.4 Å². The third-order valence-corrected chi connectivity index (χ3v) is 7.29. The molecule has 0 N–H and O–H groups in total. The quantitative estimate of drug-likeness (QED) is 0.433. The van der Waals surface area contributed by atoms with Crippen LogP contribution in [0.1, 0.15) is 19.3 Å². The number of carbonyl (C=O) groups is 1. The van der Waals surface area contributed by atoms with E-state index in [1.807, 2.05) is 47.4 Å². The summed E-state index contributed by atoms with van der Waals surface area (Å²) in [5.41, 5.74) is 0.793. The van der Waals surface area contributed by atoms with Gasteiger partial charge in [-0.25, -0.2) is 4.98 Å². The minimum Gasteiger partial charge on any atom is -0.497 e. The first-order valence-electron chi connectivity index (χ1n) is 9.89. The van der Waals surface area contributed by atoms with Crippen molar-refractivity contribution >= 4 is 50.8 Å².